The Morgan fingerprint density at radius 2 is 2.00 bits per heavy atom. The lowest BCUT2D eigenvalue weighted by Gasteiger charge is -2.31. The average Bonchev–Trinajstić information content (AvgIpc) is 2.96. The van der Waals surface area contributed by atoms with Gasteiger partial charge in [-0.15, -0.1) is 11.3 Å². The summed E-state index contributed by atoms with van der Waals surface area (Å²) in [6.07, 6.45) is 3.43. The maximum absolute atomic E-state index is 5.45. The van der Waals surface area contributed by atoms with Crippen LogP contribution in [0.1, 0.15) is 34.9 Å². The van der Waals surface area contributed by atoms with Crippen LogP contribution in [0, 0.1) is 0 Å². The number of thiophene rings is 1. The molecule has 0 bridgehead atoms. The third kappa shape index (κ3) is 2.28. The van der Waals surface area contributed by atoms with E-state index in [9.17, 15) is 0 Å². The Kier molecular flexibility index (Phi) is 3.28. The van der Waals surface area contributed by atoms with Crippen molar-refractivity contribution in [1.82, 2.24) is 10.6 Å². The molecule has 1 atom stereocenters. The molecule has 0 fully saturated rings. The Morgan fingerprint density at radius 1 is 1.10 bits per heavy atom. The van der Waals surface area contributed by atoms with Crippen molar-refractivity contribution in [2.75, 3.05) is 0 Å². The quantitative estimate of drug-likeness (QED) is 0.778. The first-order valence-corrected chi connectivity index (χ1v) is 8.54. The summed E-state index contributed by atoms with van der Waals surface area (Å²) >= 11 is 7.24. The molecular weight excluding hydrogens is 296 g/mol. The summed E-state index contributed by atoms with van der Waals surface area (Å²) in [5.41, 5.74) is 5.40. The molecule has 21 heavy (non-hydrogen) atoms. The maximum atomic E-state index is 5.45. The monoisotopic (exact) mass is 312 g/mol. The fourth-order valence-electron chi connectivity index (χ4n) is 3.25. The summed E-state index contributed by atoms with van der Waals surface area (Å²) in [5.74, 6) is 0. The molecule has 0 spiro atoms. The first-order chi connectivity index (χ1) is 10.3. The van der Waals surface area contributed by atoms with E-state index in [1.54, 1.807) is 11.3 Å². The molecule has 0 saturated carbocycles. The molecule has 4 heteroatoms. The lowest BCUT2D eigenvalue weighted by molar-refractivity contribution is 0.674. The van der Waals surface area contributed by atoms with Gasteiger partial charge in [0.1, 0.15) is 0 Å². The van der Waals surface area contributed by atoms with Crippen LogP contribution in [0.3, 0.4) is 0 Å². The van der Waals surface area contributed by atoms with Gasteiger partial charge in [-0.25, -0.2) is 0 Å². The molecule has 2 aliphatic rings. The number of thiocarbonyl (C=S) groups is 1. The van der Waals surface area contributed by atoms with Crippen LogP contribution in [0.25, 0.3) is 5.70 Å². The van der Waals surface area contributed by atoms with Crippen LogP contribution >= 0.6 is 23.6 Å². The van der Waals surface area contributed by atoms with Gasteiger partial charge in [-0.3, -0.25) is 0 Å². The van der Waals surface area contributed by atoms with Crippen molar-refractivity contribution in [3.05, 3.63) is 63.4 Å². The minimum atomic E-state index is 0.222. The average molecular weight is 312 g/mol. The highest BCUT2D eigenvalue weighted by Gasteiger charge is 2.29. The van der Waals surface area contributed by atoms with E-state index in [1.165, 1.54) is 33.7 Å². The molecule has 2 nitrogen and oxygen atoms in total. The van der Waals surface area contributed by atoms with Gasteiger partial charge >= 0.3 is 0 Å². The normalized spacial score (nSPS) is 21.0. The molecule has 0 amide bonds. The van der Waals surface area contributed by atoms with E-state index in [0.29, 0.717) is 0 Å². The number of nitrogens with one attached hydrogen (secondary N) is 2. The van der Waals surface area contributed by atoms with Crippen LogP contribution in [0.4, 0.5) is 0 Å². The molecular formula is C17H16N2S2. The van der Waals surface area contributed by atoms with E-state index in [2.05, 4.69) is 52.4 Å². The van der Waals surface area contributed by atoms with Gasteiger partial charge in [-0.2, -0.15) is 0 Å². The van der Waals surface area contributed by atoms with Crippen LogP contribution in [0.15, 0.2) is 47.4 Å². The van der Waals surface area contributed by atoms with Crippen molar-refractivity contribution in [3.63, 3.8) is 0 Å². The minimum Gasteiger partial charge on any atom is -0.351 e. The van der Waals surface area contributed by atoms with Crippen LogP contribution in [-0.4, -0.2) is 5.11 Å². The third-order valence-electron chi connectivity index (χ3n) is 4.19. The second kappa shape index (κ2) is 5.28. The summed E-state index contributed by atoms with van der Waals surface area (Å²) in [6.45, 7) is 0. The third-order valence-corrected chi connectivity index (χ3v) is 5.35. The molecule has 1 aromatic carbocycles. The zero-order valence-corrected chi connectivity index (χ0v) is 13.2. The van der Waals surface area contributed by atoms with Gasteiger partial charge in [0.05, 0.1) is 6.04 Å². The molecule has 106 valence electrons. The zero-order chi connectivity index (χ0) is 14.2. The lowest BCUT2D eigenvalue weighted by Crippen LogP contribution is -2.42. The smallest absolute Gasteiger partial charge is 0.171 e. The highest BCUT2D eigenvalue weighted by molar-refractivity contribution is 7.80. The topological polar surface area (TPSA) is 24.1 Å². The van der Waals surface area contributed by atoms with E-state index in [0.717, 1.165) is 18.0 Å². The van der Waals surface area contributed by atoms with Crippen LogP contribution in [0.2, 0.25) is 0 Å². The number of fused-ring (bicyclic) bond motifs is 2. The first-order valence-electron chi connectivity index (χ1n) is 7.25. The second-order valence-corrected chi connectivity index (χ2v) is 6.85. The minimum absolute atomic E-state index is 0.222. The standard InChI is InChI=1S/C17H16N2S2/c20-17-18-15-12-7-2-1-5-11(12)6-3-8-13(15)16(19-17)14-9-4-10-21-14/h1-2,4-5,7,9-10,16H,3,6,8H2,(H2,18,19,20). The number of rotatable bonds is 1. The zero-order valence-electron chi connectivity index (χ0n) is 11.6. The maximum Gasteiger partial charge on any atom is 0.171 e. The fraction of sp³-hybridized carbons (Fsp3) is 0.235. The van der Waals surface area contributed by atoms with Crippen LogP contribution in [-0.2, 0) is 6.42 Å². The number of hydrogen-bond donors (Lipinski definition) is 2. The Balaban J connectivity index is 1.89. The Morgan fingerprint density at radius 3 is 2.86 bits per heavy atom. The number of aryl methyl sites for hydroxylation is 1. The van der Waals surface area contributed by atoms with Crippen molar-refractivity contribution in [2.45, 2.75) is 25.3 Å². The molecule has 2 N–H and O–H groups in total. The molecule has 0 radical (unpaired) electrons. The van der Waals surface area contributed by atoms with Crippen molar-refractivity contribution >= 4 is 34.4 Å². The Hall–Kier alpha value is -1.65. The van der Waals surface area contributed by atoms with E-state index in [1.807, 2.05) is 0 Å². The van der Waals surface area contributed by atoms with E-state index in [-0.39, 0.29) is 6.04 Å². The second-order valence-electron chi connectivity index (χ2n) is 5.46. The highest BCUT2D eigenvalue weighted by atomic mass is 32.1. The van der Waals surface area contributed by atoms with Crippen molar-refractivity contribution in [1.29, 1.82) is 0 Å². The molecule has 2 heterocycles. The predicted molar refractivity (Wildman–Crippen MR) is 92.2 cm³/mol. The van der Waals surface area contributed by atoms with Gasteiger partial charge in [0.2, 0.25) is 0 Å². The van der Waals surface area contributed by atoms with Gasteiger partial charge in [0.15, 0.2) is 5.11 Å². The molecule has 1 unspecified atom stereocenters. The molecule has 0 saturated heterocycles. The predicted octanol–water partition coefficient (Wildman–Crippen LogP) is 4.01. The van der Waals surface area contributed by atoms with Gasteiger partial charge in [0, 0.05) is 16.1 Å². The first kappa shape index (κ1) is 13.0. The van der Waals surface area contributed by atoms with Gasteiger partial charge < -0.3 is 10.6 Å². The van der Waals surface area contributed by atoms with E-state index < -0.39 is 0 Å². The van der Waals surface area contributed by atoms with Crippen molar-refractivity contribution in [2.24, 2.45) is 0 Å². The molecule has 2 aromatic rings. The molecule has 1 aliphatic carbocycles. The van der Waals surface area contributed by atoms with Gasteiger partial charge in [-0.1, -0.05) is 30.3 Å². The lowest BCUT2D eigenvalue weighted by atomic mass is 9.95. The molecule has 1 aromatic heterocycles. The van der Waals surface area contributed by atoms with Crippen molar-refractivity contribution in [3.8, 4) is 0 Å². The van der Waals surface area contributed by atoms with Crippen molar-refractivity contribution < 1.29 is 0 Å². The van der Waals surface area contributed by atoms with E-state index >= 15 is 0 Å². The SMILES string of the molecule is S=C1NC2=C(CCCc3ccccc32)C(c2cccs2)N1. The number of hydrogen-bond acceptors (Lipinski definition) is 2. The summed E-state index contributed by atoms with van der Waals surface area (Å²) in [6, 6.07) is 13.2. The Bertz CT molecular complexity index is 716. The molecule has 1 aliphatic heterocycles. The van der Waals surface area contributed by atoms with Gasteiger partial charge in [-0.05, 0) is 54.1 Å². The van der Waals surface area contributed by atoms with Crippen LogP contribution in [0.5, 0.6) is 0 Å². The summed E-state index contributed by atoms with van der Waals surface area (Å²) in [4.78, 5) is 1.34. The highest BCUT2D eigenvalue weighted by Crippen LogP contribution is 2.38. The van der Waals surface area contributed by atoms with E-state index in [4.69, 9.17) is 12.2 Å². The summed E-state index contributed by atoms with van der Waals surface area (Å²) in [7, 11) is 0. The largest absolute Gasteiger partial charge is 0.351 e. The summed E-state index contributed by atoms with van der Waals surface area (Å²) in [5, 5.41) is 9.72. The van der Waals surface area contributed by atoms with Gasteiger partial charge in [0.25, 0.3) is 0 Å². The number of benzene rings is 1. The summed E-state index contributed by atoms with van der Waals surface area (Å²) < 4.78 is 0. The van der Waals surface area contributed by atoms with Crippen LogP contribution < -0.4 is 10.6 Å². The Labute approximate surface area is 133 Å². The fourth-order valence-corrected chi connectivity index (χ4v) is 4.28. The molecule has 4 rings (SSSR count).